The first-order valence-corrected chi connectivity index (χ1v) is 7.44. The Morgan fingerprint density at radius 3 is 2.38 bits per heavy atom. The van der Waals surface area contributed by atoms with E-state index in [0.717, 1.165) is 12.3 Å². The lowest BCUT2D eigenvalue weighted by molar-refractivity contribution is -0.139. The molecule has 0 saturated carbocycles. The first-order chi connectivity index (χ1) is 11.1. The van der Waals surface area contributed by atoms with Crippen LogP contribution in [0, 0.1) is 0 Å². The van der Waals surface area contributed by atoms with Gasteiger partial charge in [-0.1, -0.05) is 32.9 Å². The fraction of sp³-hybridized carbons (Fsp3) is 0.389. The number of alkyl halides is 3. The summed E-state index contributed by atoms with van der Waals surface area (Å²) < 4.78 is 50.5. The van der Waals surface area contributed by atoms with Crippen LogP contribution in [0.15, 0.2) is 36.5 Å². The third-order valence-electron chi connectivity index (χ3n) is 3.47. The van der Waals surface area contributed by atoms with E-state index in [9.17, 15) is 13.2 Å². The Morgan fingerprint density at radius 1 is 1.08 bits per heavy atom. The van der Waals surface area contributed by atoms with Crippen molar-refractivity contribution in [1.82, 2.24) is 4.98 Å². The molecule has 0 unspecified atom stereocenters. The van der Waals surface area contributed by atoms with Gasteiger partial charge in [-0.15, -0.1) is 0 Å². The molecule has 0 aliphatic carbocycles. The van der Waals surface area contributed by atoms with Crippen molar-refractivity contribution in [3.63, 3.8) is 0 Å². The summed E-state index contributed by atoms with van der Waals surface area (Å²) in [5.74, 6) is 0.340. The van der Waals surface area contributed by atoms with Crippen molar-refractivity contribution in [1.29, 1.82) is 0 Å². The van der Waals surface area contributed by atoms with Gasteiger partial charge < -0.3 is 9.47 Å². The highest BCUT2D eigenvalue weighted by Gasteiger charge is 2.36. The van der Waals surface area contributed by atoms with Crippen LogP contribution < -0.4 is 9.47 Å². The second-order valence-electron chi connectivity index (χ2n) is 6.45. The second-order valence-corrected chi connectivity index (χ2v) is 6.45. The molecule has 0 atom stereocenters. The van der Waals surface area contributed by atoms with E-state index in [4.69, 9.17) is 9.47 Å². The molecule has 1 heterocycles. The van der Waals surface area contributed by atoms with Crippen LogP contribution >= 0.6 is 0 Å². The minimum Gasteiger partial charge on any atom is -0.497 e. The van der Waals surface area contributed by atoms with Crippen molar-refractivity contribution in [3.05, 3.63) is 53.3 Å². The molecule has 0 aliphatic rings. The number of benzene rings is 1. The summed E-state index contributed by atoms with van der Waals surface area (Å²) in [6.45, 7) is 5.43. The molecule has 0 spiro atoms. The van der Waals surface area contributed by atoms with Crippen LogP contribution in [-0.2, 0) is 18.2 Å². The van der Waals surface area contributed by atoms with Gasteiger partial charge in [0.05, 0.1) is 13.3 Å². The summed E-state index contributed by atoms with van der Waals surface area (Å²) >= 11 is 0. The number of rotatable bonds is 4. The van der Waals surface area contributed by atoms with E-state index >= 15 is 0 Å². The molecule has 0 bridgehead atoms. The van der Waals surface area contributed by atoms with Gasteiger partial charge >= 0.3 is 6.18 Å². The molecule has 0 saturated heterocycles. The zero-order chi connectivity index (χ0) is 18.0. The molecular weight excluding hydrogens is 319 g/mol. The first-order valence-electron chi connectivity index (χ1n) is 7.44. The average molecular weight is 339 g/mol. The van der Waals surface area contributed by atoms with Gasteiger partial charge in [0, 0.05) is 11.1 Å². The molecule has 0 radical (unpaired) electrons. The van der Waals surface area contributed by atoms with Crippen LogP contribution in [-0.4, -0.2) is 12.1 Å². The SMILES string of the molecule is COc1cccc(COc2cnc(C(C)(C)C)cc2C(F)(F)F)c1. The summed E-state index contributed by atoms with van der Waals surface area (Å²) in [6, 6.07) is 8.03. The minimum absolute atomic E-state index is 0.00315. The fourth-order valence-corrected chi connectivity index (χ4v) is 2.11. The van der Waals surface area contributed by atoms with Gasteiger partial charge in [-0.3, -0.25) is 4.98 Å². The van der Waals surface area contributed by atoms with Crippen molar-refractivity contribution < 1.29 is 22.6 Å². The number of pyridine rings is 1. The Balaban J connectivity index is 2.29. The number of halogens is 3. The predicted octanol–water partition coefficient (Wildman–Crippen LogP) is 4.99. The Hall–Kier alpha value is -2.24. The van der Waals surface area contributed by atoms with Gasteiger partial charge in [-0.25, -0.2) is 0 Å². The second kappa shape index (κ2) is 6.71. The Kier molecular flexibility index (Phi) is 5.06. The van der Waals surface area contributed by atoms with Gasteiger partial charge in [0.2, 0.25) is 0 Å². The largest absolute Gasteiger partial charge is 0.497 e. The monoisotopic (exact) mass is 339 g/mol. The molecule has 1 aromatic heterocycles. The summed E-state index contributed by atoms with van der Waals surface area (Å²) in [5, 5.41) is 0. The maximum atomic E-state index is 13.3. The van der Waals surface area contributed by atoms with E-state index in [2.05, 4.69) is 4.98 Å². The topological polar surface area (TPSA) is 31.4 Å². The highest BCUT2D eigenvalue weighted by molar-refractivity contribution is 5.37. The molecule has 1 aromatic carbocycles. The van der Waals surface area contributed by atoms with Gasteiger partial charge in [-0.05, 0) is 23.8 Å². The van der Waals surface area contributed by atoms with E-state index in [1.165, 1.54) is 7.11 Å². The number of hydrogen-bond acceptors (Lipinski definition) is 3. The number of ether oxygens (including phenoxy) is 2. The molecule has 2 aromatic rings. The molecule has 0 fully saturated rings. The van der Waals surface area contributed by atoms with Crippen LogP contribution in [0.3, 0.4) is 0 Å². The Morgan fingerprint density at radius 2 is 1.79 bits per heavy atom. The van der Waals surface area contributed by atoms with Crippen molar-refractivity contribution >= 4 is 0 Å². The van der Waals surface area contributed by atoms with E-state index in [1.54, 1.807) is 24.3 Å². The molecule has 3 nitrogen and oxygen atoms in total. The highest BCUT2D eigenvalue weighted by atomic mass is 19.4. The lowest BCUT2D eigenvalue weighted by Gasteiger charge is -2.21. The lowest BCUT2D eigenvalue weighted by Crippen LogP contribution is -2.17. The molecule has 0 aliphatic heterocycles. The van der Waals surface area contributed by atoms with Crippen LogP contribution in [0.5, 0.6) is 11.5 Å². The number of aromatic nitrogens is 1. The zero-order valence-electron chi connectivity index (χ0n) is 14.1. The molecule has 0 N–H and O–H groups in total. The van der Waals surface area contributed by atoms with Gasteiger partial charge in [0.15, 0.2) is 0 Å². The molecule has 0 amide bonds. The van der Waals surface area contributed by atoms with E-state index in [0.29, 0.717) is 17.0 Å². The summed E-state index contributed by atoms with van der Waals surface area (Å²) in [6.07, 6.45) is -3.36. The zero-order valence-corrected chi connectivity index (χ0v) is 14.1. The average Bonchev–Trinajstić information content (AvgIpc) is 2.51. The smallest absolute Gasteiger partial charge is 0.420 e. The van der Waals surface area contributed by atoms with Crippen molar-refractivity contribution in [2.45, 2.75) is 39.0 Å². The van der Waals surface area contributed by atoms with Crippen LogP contribution in [0.1, 0.15) is 37.6 Å². The molecular formula is C18H20F3NO2. The summed E-state index contributed by atoms with van der Waals surface area (Å²) in [4.78, 5) is 4.12. The first kappa shape index (κ1) is 18.1. The number of methoxy groups -OCH3 is 1. The molecule has 6 heteroatoms. The lowest BCUT2D eigenvalue weighted by atomic mass is 9.90. The Bertz CT molecular complexity index is 706. The van der Waals surface area contributed by atoms with Gasteiger partial charge in [0.1, 0.15) is 23.7 Å². The van der Waals surface area contributed by atoms with E-state index in [-0.39, 0.29) is 12.4 Å². The minimum atomic E-state index is -4.51. The normalized spacial score (nSPS) is 12.1. The highest BCUT2D eigenvalue weighted by Crippen LogP contribution is 2.38. The maximum Gasteiger partial charge on any atom is 0.420 e. The third-order valence-corrected chi connectivity index (χ3v) is 3.47. The fourth-order valence-electron chi connectivity index (χ4n) is 2.11. The van der Waals surface area contributed by atoms with Gasteiger partial charge in [-0.2, -0.15) is 13.2 Å². The van der Waals surface area contributed by atoms with Crippen molar-refractivity contribution in [3.8, 4) is 11.5 Å². The summed E-state index contributed by atoms with van der Waals surface area (Å²) in [7, 11) is 1.52. The van der Waals surface area contributed by atoms with Crippen LogP contribution in [0.4, 0.5) is 13.2 Å². The predicted molar refractivity (Wildman–Crippen MR) is 85.3 cm³/mol. The number of hydrogen-bond donors (Lipinski definition) is 0. The number of nitrogens with zero attached hydrogens (tertiary/aromatic N) is 1. The maximum absolute atomic E-state index is 13.3. The third kappa shape index (κ3) is 4.40. The van der Waals surface area contributed by atoms with Crippen LogP contribution in [0.2, 0.25) is 0 Å². The van der Waals surface area contributed by atoms with Crippen LogP contribution in [0.25, 0.3) is 0 Å². The Labute approximate surface area is 139 Å². The quantitative estimate of drug-likeness (QED) is 0.787. The van der Waals surface area contributed by atoms with Crippen molar-refractivity contribution in [2.24, 2.45) is 0 Å². The van der Waals surface area contributed by atoms with Gasteiger partial charge in [0.25, 0.3) is 0 Å². The molecule has 24 heavy (non-hydrogen) atoms. The van der Waals surface area contributed by atoms with E-state index in [1.807, 2.05) is 20.8 Å². The molecule has 2 rings (SSSR count). The molecule has 130 valence electrons. The van der Waals surface area contributed by atoms with E-state index < -0.39 is 17.2 Å². The van der Waals surface area contributed by atoms with Crippen molar-refractivity contribution in [2.75, 3.05) is 7.11 Å². The summed E-state index contributed by atoms with van der Waals surface area (Å²) in [5.41, 5.74) is -0.220. The standard InChI is InChI=1S/C18H20F3NO2/c1-17(2,3)16-9-14(18(19,20)21)15(10-22-16)24-11-12-6-5-7-13(8-12)23-4/h5-10H,11H2,1-4H3.